The molecule has 0 saturated carbocycles. The molecular weight excluding hydrogens is 417 g/mol. The van der Waals surface area contributed by atoms with E-state index in [0.717, 1.165) is 30.8 Å². The van der Waals surface area contributed by atoms with E-state index in [1.54, 1.807) is 0 Å². The lowest BCUT2D eigenvalue weighted by Gasteiger charge is -2.20. The molecule has 1 atom stereocenters. The van der Waals surface area contributed by atoms with E-state index in [4.69, 9.17) is 16.0 Å². The molecule has 1 aliphatic heterocycles. The predicted octanol–water partition coefficient (Wildman–Crippen LogP) is 2.20. The van der Waals surface area contributed by atoms with Crippen LogP contribution in [0.4, 0.5) is 14.9 Å². The number of nitrogens with zero attached hydrogens (tertiary/aromatic N) is 2. The van der Waals surface area contributed by atoms with Gasteiger partial charge in [0.25, 0.3) is 0 Å². The molecule has 1 unspecified atom stereocenters. The minimum atomic E-state index is -1.50. The highest BCUT2D eigenvalue weighted by Crippen LogP contribution is 2.25. The number of hydrogen-bond donors (Lipinski definition) is 4. The van der Waals surface area contributed by atoms with Crippen LogP contribution in [0.1, 0.15) is 6.42 Å². The van der Waals surface area contributed by atoms with Crippen molar-refractivity contribution in [3.05, 3.63) is 28.5 Å². The fraction of sp³-hybridized carbons (Fsp3) is 0.286. The Labute approximate surface area is 155 Å². The van der Waals surface area contributed by atoms with Gasteiger partial charge in [0, 0.05) is 11.8 Å². The first-order chi connectivity index (χ1) is 11.8. The fourth-order valence-corrected chi connectivity index (χ4v) is 3.62. The first-order valence-corrected chi connectivity index (χ1v) is 8.80. The SMILES string of the molecule is N=C(SC1CCNC1)/C(=N\[OH2+])C(=N)N(C(=O)O)c1ccc(F)c(Br)c1. The van der Waals surface area contributed by atoms with Crippen LogP contribution >= 0.6 is 27.7 Å². The maximum atomic E-state index is 13.4. The standard InChI is InChI=1S/C14H15BrFN5O3S/c15-9-5-7(1-2-10(9)16)21(14(22)23)12(17)11(20-24)13(18)25-8-3-4-19-6-8/h1-2,5,8,17-19,24H,3-4,6H2,(H,22,23)/p+1/b17-12?,18-13?,20-11-. The van der Waals surface area contributed by atoms with Gasteiger partial charge in [-0.15, -0.1) is 0 Å². The number of thioether (sulfide) groups is 1. The molecule has 0 aromatic heterocycles. The summed E-state index contributed by atoms with van der Waals surface area (Å²) in [5.74, 6) is -1.21. The van der Waals surface area contributed by atoms with Gasteiger partial charge in [-0.1, -0.05) is 11.8 Å². The molecule has 1 aromatic carbocycles. The number of amidine groups is 1. The van der Waals surface area contributed by atoms with E-state index in [0.29, 0.717) is 11.4 Å². The second-order valence-corrected chi connectivity index (χ2v) is 7.25. The monoisotopic (exact) mass is 432 g/mol. The molecule has 1 amide bonds. The van der Waals surface area contributed by atoms with Crippen molar-refractivity contribution in [3.8, 4) is 0 Å². The van der Waals surface area contributed by atoms with Crippen LogP contribution in [0.5, 0.6) is 0 Å². The Kier molecular flexibility index (Phi) is 6.51. The van der Waals surface area contributed by atoms with Gasteiger partial charge >= 0.3 is 6.09 Å². The average Bonchev–Trinajstić information content (AvgIpc) is 3.04. The molecule has 0 bridgehead atoms. The molecule has 1 fully saturated rings. The predicted molar refractivity (Wildman–Crippen MR) is 100.0 cm³/mol. The lowest BCUT2D eigenvalue weighted by atomic mass is 10.2. The number of nitrogens with one attached hydrogen (secondary N) is 3. The molecule has 11 heteroatoms. The first kappa shape index (κ1) is 19.3. The van der Waals surface area contributed by atoms with E-state index >= 15 is 0 Å². The van der Waals surface area contributed by atoms with Crippen molar-refractivity contribution in [3.63, 3.8) is 0 Å². The maximum absolute atomic E-state index is 13.4. The van der Waals surface area contributed by atoms with E-state index in [9.17, 15) is 14.3 Å². The second kappa shape index (κ2) is 8.41. The Balaban J connectivity index is 2.26. The zero-order valence-corrected chi connectivity index (χ0v) is 15.2. The zero-order valence-electron chi connectivity index (χ0n) is 12.8. The van der Waals surface area contributed by atoms with Crippen LogP contribution in [0.2, 0.25) is 0 Å². The van der Waals surface area contributed by atoms with Gasteiger partial charge in [-0.2, -0.15) is 0 Å². The number of carbonyl (C=O) groups is 1. The summed E-state index contributed by atoms with van der Waals surface area (Å²) < 4.78 is 13.4. The molecule has 25 heavy (non-hydrogen) atoms. The number of anilines is 1. The van der Waals surface area contributed by atoms with Crippen molar-refractivity contribution in [2.24, 2.45) is 5.16 Å². The zero-order chi connectivity index (χ0) is 18.6. The summed E-state index contributed by atoms with van der Waals surface area (Å²) >= 11 is 4.11. The normalized spacial score (nSPS) is 17.4. The molecule has 134 valence electrons. The van der Waals surface area contributed by atoms with Crippen LogP contribution in [-0.4, -0.2) is 51.3 Å². The third-order valence-corrected chi connectivity index (χ3v) is 5.20. The van der Waals surface area contributed by atoms with Crippen molar-refractivity contribution in [1.82, 2.24) is 5.32 Å². The lowest BCUT2D eigenvalue weighted by molar-refractivity contribution is 0.205. The van der Waals surface area contributed by atoms with Gasteiger partial charge in [-0.05, 0) is 47.1 Å². The second-order valence-electron chi connectivity index (χ2n) is 5.09. The number of benzene rings is 1. The van der Waals surface area contributed by atoms with Gasteiger partial charge in [-0.25, -0.2) is 14.1 Å². The van der Waals surface area contributed by atoms with E-state index < -0.39 is 17.7 Å². The first-order valence-electron chi connectivity index (χ1n) is 7.13. The molecule has 1 aliphatic rings. The van der Waals surface area contributed by atoms with Gasteiger partial charge in [0.05, 0.1) is 15.3 Å². The maximum Gasteiger partial charge on any atom is 0.417 e. The van der Waals surface area contributed by atoms with Crippen molar-refractivity contribution >= 4 is 56.1 Å². The highest BCUT2D eigenvalue weighted by Gasteiger charge is 2.30. The van der Waals surface area contributed by atoms with Gasteiger partial charge < -0.3 is 15.6 Å². The van der Waals surface area contributed by atoms with Crippen LogP contribution in [0.25, 0.3) is 0 Å². The topological polar surface area (TPSA) is 136 Å². The van der Waals surface area contributed by atoms with Crippen molar-refractivity contribution < 1.29 is 19.5 Å². The Bertz CT molecular complexity index is 739. The molecule has 1 saturated heterocycles. The van der Waals surface area contributed by atoms with Crippen LogP contribution in [0, 0.1) is 16.6 Å². The highest BCUT2D eigenvalue weighted by molar-refractivity contribution is 9.10. The molecule has 1 aromatic rings. The summed E-state index contributed by atoms with van der Waals surface area (Å²) in [5.41, 5.74) is -0.355. The van der Waals surface area contributed by atoms with Crippen molar-refractivity contribution in [2.75, 3.05) is 18.0 Å². The Morgan fingerprint density at radius 3 is 2.76 bits per heavy atom. The van der Waals surface area contributed by atoms with Crippen molar-refractivity contribution in [1.29, 1.82) is 10.8 Å². The minimum Gasteiger partial charge on any atom is -0.468 e. The summed E-state index contributed by atoms with van der Waals surface area (Å²) in [6.45, 7) is 1.51. The lowest BCUT2D eigenvalue weighted by Crippen LogP contribution is -2.42. The molecule has 0 radical (unpaired) electrons. The molecule has 0 aliphatic carbocycles. The molecule has 6 N–H and O–H groups in total. The number of amides is 1. The fourth-order valence-electron chi connectivity index (χ4n) is 2.23. The number of hydrogen-bond acceptors (Lipinski definition) is 6. The van der Waals surface area contributed by atoms with E-state index in [1.165, 1.54) is 12.1 Å². The minimum absolute atomic E-state index is 0.00672. The van der Waals surface area contributed by atoms with Gasteiger partial charge in [0.15, 0.2) is 5.84 Å². The van der Waals surface area contributed by atoms with Crippen LogP contribution < -0.4 is 10.2 Å². The summed E-state index contributed by atoms with van der Waals surface area (Å²) in [4.78, 5) is 12.2. The van der Waals surface area contributed by atoms with E-state index in [2.05, 4.69) is 26.4 Å². The van der Waals surface area contributed by atoms with Crippen molar-refractivity contribution in [2.45, 2.75) is 11.7 Å². The Morgan fingerprint density at radius 1 is 1.52 bits per heavy atom. The highest BCUT2D eigenvalue weighted by atomic mass is 79.9. The van der Waals surface area contributed by atoms with E-state index in [-0.39, 0.29) is 26.2 Å². The van der Waals surface area contributed by atoms with Crippen LogP contribution in [0.3, 0.4) is 0 Å². The number of halogens is 2. The average molecular weight is 433 g/mol. The quantitative estimate of drug-likeness (QED) is 0.251. The summed E-state index contributed by atoms with van der Waals surface area (Å²) in [5, 5.41) is 39.2. The van der Waals surface area contributed by atoms with Crippen LogP contribution in [-0.2, 0) is 0 Å². The summed E-state index contributed by atoms with van der Waals surface area (Å²) in [6.07, 6.45) is -0.663. The molecule has 8 nitrogen and oxygen atoms in total. The molecular formula is C14H16BrFN5O3S+. The largest absolute Gasteiger partial charge is 0.468 e. The van der Waals surface area contributed by atoms with Gasteiger partial charge in [0.1, 0.15) is 10.9 Å². The number of rotatable bonds is 4. The molecule has 0 spiro atoms. The van der Waals surface area contributed by atoms with Crippen LogP contribution in [0.15, 0.2) is 27.8 Å². The summed E-state index contributed by atoms with van der Waals surface area (Å²) in [7, 11) is 0. The third kappa shape index (κ3) is 4.55. The Morgan fingerprint density at radius 2 is 2.24 bits per heavy atom. The number of carboxylic acid groups (broad SMARTS) is 1. The van der Waals surface area contributed by atoms with Gasteiger partial charge in [-0.3, -0.25) is 10.8 Å². The smallest absolute Gasteiger partial charge is 0.417 e. The van der Waals surface area contributed by atoms with E-state index in [1.807, 2.05) is 0 Å². The third-order valence-electron chi connectivity index (χ3n) is 3.43. The molecule has 2 rings (SSSR count). The Hall–Kier alpha value is -1.98. The summed E-state index contributed by atoms with van der Waals surface area (Å²) in [6, 6.07) is 3.46. The molecule has 1 heterocycles. The van der Waals surface area contributed by atoms with Gasteiger partial charge in [0.2, 0.25) is 5.71 Å².